The van der Waals surface area contributed by atoms with Gasteiger partial charge in [-0.3, -0.25) is 0 Å². The normalized spacial score (nSPS) is 11.1. The number of aromatic nitrogens is 2. The average molecular weight is 253 g/mol. The van der Waals surface area contributed by atoms with Crippen LogP contribution >= 0.6 is 23.4 Å². The molecule has 16 heavy (non-hydrogen) atoms. The standard InChI is InChI=1S/C11H9ClN2OS/c12-7-4-8-16-11-14-13-10(15-11)9-5-2-1-3-6-9/h1-7H,8H2/b7-4+. The van der Waals surface area contributed by atoms with Gasteiger partial charge in [0.15, 0.2) is 0 Å². The summed E-state index contributed by atoms with van der Waals surface area (Å²) in [6, 6.07) is 9.67. The molecule has 3 nitrogen and oxygen atoms in total. The molecule has 1 aromatic carbocycles. The minimum atomic E-state index is 0.540. The van der Waals surface area contributed by atoms with Gasteiger partial charge >= 0.3 is 0 Å². The molecule has 0 atom stereocenters. The maximum Gasteiger partial charge on any atom is 0.277 e. The molecule has 0 radical (unpaired) electrons. The van der Waals surface area contributed by atoms with Crippen molar-refractivity contribution in [3.05, 3.63) is 41.9 Å². The molecule has 82 valence electrons. The molecule has 5 heteroatoms. The van der Waals surface area contributed by atoms with Gasteiger partial charge in [0.25, 0.3) is 5.22 Å². The Balaban J connectivity index is 2.08. The van der Waals surface area contributed by atoms with Crippen LogP contribution in [0.2, 0.25) is 0 Å². The molecule has 2 aromatic rings. The fourth-order valence-electron chi connectivity index (χ4n) is 1.12. The minimum absolute atomic E-state index is 0.540. The van der Waals surface area contributed by atoms with E-state index in [4.69, 9.17) is 16.0 Å². The molecule has 0 aliphatic rings. The van der Waals surface area contributed by atoms with E-state index < -0.39 is 0 Å². The second-order valence-electron chi connectivity index (χ2n) is 2.91. The summed E-state index contributed by atoms with van der Waals surface area (Å²) in [4.78, 5) is 0. The van der Waals surface area contributed by atoms with Gasteiger partial charge in [0.1, 0.15) is 0 Å². The van der Waals surface area contributed by atoms with Gasteiger partial charge in [-0.25, -0.2) is 0 Å². The number of thioether (sulfide) groups is 1. The van der Waals surface area contributed by atoms with Crippen LogP contribution in [-0.2, 0) is 0 Å². The van der Waals surface area contributed by atoms with Gasteiger partial charge in [0.05, 0.1) is 0 Å². The highest BCUT2D eigenvalue weighted by atomic mass is 35.5. The molecule has 0 saturated carbocycles. The highest BCUT2D eigenvalue weighted by molar-refractivity contribution is 7.99. The molecule has 1 heterocycles. The fourth-order valence-corrected chi connectivity index (χ4v) is 1.89. The highest BCUT2D eigenvalue weighted by Crippen LogP contribution is 2.22. The first-order valence-corrected chi connectivity index (χ1v) is 6.09. The van der Waals surface area contributed by atoms with Crippen LogP contribution in [0.4, 0.5) is 0 Å². The first-order chi connectivity index (χ1) is 7.90. The van der Waals surface area contributed by atoms with Crippen molar-refractivity contribution in [2.45, 2.75) is 5.22 Å². The van der Waals surface area contributed by atoms with Crippen molar-refractivity contribution in [1.29, 1.82) is 0 Å². The van der Waals surface area contributed by atoms with E-state index >= 15 is 0 Å². The highest BCUT2D eigenvalue weighted by Gasteiger charge is 2.07. The molecule has 0 bridgehead atoms. The Labute approximate surface area is 103 Å². The Bertz CT molecular complexity index is 470. The molecule has 0 N–H and O–H groups in total. The van der Waals surface area contributed by atoms with Crippen molar-refractivity contribution < 1.29 is 4.42 Å². The van der Waals surface area contributed by atoms with Gasteiger partial charge in [-0.15, -0.1) is 10.2 Å². The van der Waals surface area contributed by atoms with Crippen LogP contribution in [0, 0.1) is 0 Å². The third kappa shape index (κ3) is 2.87. The summed E-state index contributed by atoms with van der Waals surface area (Å²) < 4.78 is 5.48. The zero-order valence-corrected chi connectivity index (χ0v) is 9.91. The lowest BCUT2D eigenvalue weighted by Gasteiger charge is -1.91. The Hall–Kier alpha value is -1.26. The predicted molar refractivity (Wildman–Crippen MR) is 65.5 cm³/mol. The van der Waals surface area contributed by atoms with Gasteiger partial charge in [-0.2, -0.15) is 0 Å². The van der Waals surface area contributed by atoms with E-state index in [-0.39, 0.29) is 0 Å². The van der Waals surface area contributed by atoms with Crippen LogP contribution in [0.5, 0.6) is 0 Å². The number of nitrogens with zero attached hydrogens (tertiary/aromatic N) is 2. The monoisotopic (exact) mass is 252 g/mol. The summed E-state index contributed by atoms with van der Waals surface area (Å²) in [5, 5.41) is 8.45. The van der Waals surface area contributed by atoms with Crippen LogP contribution in [0.3, 0.4) is 0 Å². The number of hydrogen-bond donors (Lipinski definition) is 0. The topological polar surface area (TPSA) is 38.9 Å². The number of rotatable bonds is 4. The van der Waals surface area contributed by atoms with Crippen molar-refractivity contribution in [3.8, 4) is 11.5 Å². The smallest absolute Gasteiger partial charge is 0.277 e. The molecule has 0 spiro atoms. The lowest BCUT2D eigenvalue weighted by molar-refractivity contribution is 0.466. The van der Waals surface area contributed by atoms with Crippen LogP contribution in [0.1, 0.15) is 0 Å². The first-order valence-electron chi connectivity index (χ1n) is 4.67. The number of hydrogen-bond acceptors (Lipinski definition) is 4. The number of halogens is 1. The summed E-state index contributed by atoms with van der Waals surface area (Å²) in [5.41, 5.74) is 2.40. The Morgan fingerprint density at radius 3 is 2.81 bits per heavy atom. The summed E-state index contributed by atoms with van der Waals surface area (Å²) >= 11 is 6.86. The molecular formula is C11H9ClN2OS. The summed E-state index contributed by atoms with van der Waals surface area (Å²) in [7, 11) is 0. The van der Waals surface area contributed by atoms with Crippen LogP contribution in [0.25, 0.3) is 11.5 Å². The molecule has 0 fully saturated rings. The summed E-state index contributed by atoms with van der Waals surface area (Å²) in [6.07, 6.45) is 1.82. The van der Waals surface area contributed by atoms with Gasteiger partial charge < -0.3 is 4.42 Å². The molecule has 0 amide bonds. The Morgan fingerprint density at radius 2 is 2.06 bits per heavy atom. The largest absolute Gasteiger partial charge is 0.411 e. The van der Waals surface area contributed by atoms with Crippen LogP contribution in [-0.4, -0.2) is 16.0 Å². The maximum absolute atomic E-state index is 5.48. The third-order valence-electron chi connectivity index (χ3n) is 1.82. The van der Waals surface area contributed by atoms with E-state index in [9.17, 15) is 0 Å². The van der Waals surface area contributed by atoms with Gasteiger partial charge in [-0.1, -0.05) is 47.6 Å². The van der Waals surface area contributed by atoms with E-state index in [1.54, 1.807) is 0 Å². The summed E-state index contributed by atoms with van der Waals surface area (Å²) in [5.74, 6) is 1.26. The molecular weight excluding hydrogens is 244 g/mol. The molecule has 0 unspecified atom stereocenters. The molecule has 2 rings (SSSR count). The minimum Gasteiger partial charge on any atom is -0.411 e. The van der Waals surface area contributed by atoms with E-state index in [1.807, 2.05) is 36.4 Å². The van der Waals surface area contributed by atoms with Crippen molar-refractivity contribution in [3.63, 3.8) is 0 Å². The molecule has 0 aliphatic carbocycles. The fraction of sp³-hybridized carbons (Fsp3) is 0.0909. The van der Waals surface area contributed by atoms with Crippen LogP contribution in [0.15, 0.2) is 51.6 Å². The van der Waals surface area contributed by atoms with E-state index in [1.165, 1.54) is 17.3 Å². The maximum atomic E-state index is 5.48. The van der Waals surface area contributed by atoms with Gasteiger partial charge in [0, 0.05) is 16.9 Å². The molecule has 0 aliphatic heterocycles. The molecule has 0 saturated heterocycles. The van der Waals surface area contributed by atoms with E-state index in [0.717, 1.165) is 11.3 Å². The van der Waals surface area contributed by atoms with Crippen molar-refractivity contribution in [2.24, 2.45) is 0 Å². The van der Waals surface area contributed by atoms with Gasteiger partial charge in [-0.05, 0) is 12.1 Å². The predicted octanol–water partition coefficient (Wildman–Crippen LogP) is 3.58. The average Bonchev–Trinajstić information content (AvgIpc) is 2.79. The molecule has 1 aromatic heterocycles. The first kappa shape index (κ1) is 11.2. The van der Waals surface area contributed by atoms with Crippen molar-refractivity contribution in [1.82, 2.24) is 10.2 Å². The lowest BCUT2D eigenvalue weighted by atomic mass is 10.2. The second-order valence-corrected chi connectivity index (χ2v) is 4.14. The number of benzene rings is 1. The van der Waals surface area contributed by atoms with E-state index in [0.29, 0.717) is 11.1 Å². The SMILES string of the molecule is Cl/C=C/CSc1nnc(-c2ccccc2)o1. The quantitative estimate of drug-likeness (QED) is 0.780. The lowest BCUT2D eigenvalue weighted by Crippen LogP contribution is -1.75. The Kier molecular flexibility index (Phi) is 4.02. The Morgan fingerprint density at radius 1 is 1.25 bits per heavy atom. The second kappa shape index (κ2) is 5.72. The van der Waals surface area contributed by atoms with Crippen LogP contribution < -0.4 is 0 Å². The van der Waals surface area contributed by atoms with Crippen molar-refractivity contribution in [2.75, 3.05) is 5.75 Å². The van der Waals surface area contributed by atoms with Gasteiger partial charge in [0.2, 0.25) is 5.89 Å². The summed E-state index contributed by atoms with van der Waals surface area (Å²) in [6.45, 7) is 0. The zero-order valence-electron chi connectivity index (χ0n) is 8.34. The van der Waals surface area contributed by atoms with Crippen molar-refractivity contribution >= 4 is 23.4 Å². The zero-order chi connectivity index (χ0) is 11.2. The van der Waals surface area contributed by atoms with E-state index in [2.05, 4.69) is 10.2 Å². The third-order valence-corrected chi connectivity index (χ3v) is 2.77.